The van der Waals surface area contributed by atoms with E-state index >= 15 is 0 Å². The Bertz CT molecular complexity index is 785. The van der Waals surface area contributed by atoms with Gasteiger partial charge in [-0.3, -0.25) is 0 Å². The van der Waals surface area contributed by atoms with Gasteiger partial charge >= 0.3 is 56.5 Å². The standard InChI is InChI=1S/C19H19PS2.5CO.W/c1-3-4-11-16(2)22-19(21)20(17-12-7-5-8-13-17)18-14-9-6-10-15-18;5*1-2;/h1,5-10,12-16H,4,11H2,2H3;;;;;;/p+1. The molecule has 0 spiro atoms. The van der Waals surface area contributed by atoms with Crippen LogP contribution in [0.5, 0.6) is 0 Å². The minimum atomic E-state index is -1.05. The number of benzene rings is 2. The molecule has 1 unspecified atom stereocenters. The predicted molar refractivity (Wildman–Crippen MR) is 128 cm³/mol. The Balaban J connectivity index is -0.000000210. The molecule has 0 aliphatic rings. The first-order chi connectivity index (χ1) is 15.7. The number of thiocarbonyl (C=S) groups is 1. The Hall–Kier alpha value is -1.74. The Morgan fingerprint density at radius 3 is 1.48 bits per heavy atom. The van der Waals surface area contributed by atoms with Gasteiger partial charge in [-0.05, 0) is 42.9 Å². The molecular weight excluding hydrogens is 647 g/mol. The van der Waals surface area contributed by atoms with E-state index in [4.69, 9.17) is 41.9 Å². The molecule has 9 heteroatoms. The van der Waals surface area contributed by atoms with E-state index in [1.807, 2.05) is 11.8 Å². The second-order valence-corrected chi connectivity index (χ2v) is 10.3. The van der Waals surface area contributed by atoms with Crippen molar-refractivity contribution < 1.29 is 44.3 Å². The van der Waals surface area contributed by atoms with Crippen molar-refractivity contribution >= 4 is 46.4 Å². The van der Waals surface area contributed by atoms with Gasteiger partial charge in [-0.15, -0.1) is 12.3 Å². The van der Waals surface area contributed by atoms with Gasteiger partial charge in [0, 0.05) is 32.7 Å². The first kappa shape index (κ1) is 41.5. The summed E-state index contributed by atoms with van der Waals surface area (Å²) in [6, 6.07) is 21.3. The first-order valence-corrected chi connectivity index (χ1v) is 11.2. The van der Waals surface area contributed by atoms with E-state index in [0.29, 0.717) is 5.25 Å². The molecule has 2 rings (SSSR count). The summed E-state index contributed by atoms with van der Waals surface area (Å²) in [5, 5.41) is 3.16. The van der Waals surface area contributed by atoms with Crippen LogP contribution in [-0.2, 0) is 44.3 Å². The fourth-order valence-corrected chi connectivity index (χ4v) is 7.64. The van der Waals surface area contributed by atoms with Crippen LogP contribution in [0, 0.1) is 45.6 Å². The molecule has 0 amide bonds. The molecule has 5 nitrogen and oxygen atoms in total. The number of thioether (sulfide) groups is 1. The molecule has 0 N–H and O–H groups in total. The summed E-state index contributed by atoms with van der Waals surface area (Å²) in [6.45, 7) is 24.7. The molecule has 0 aliphatic heterocycles. The topological polar surface area (TPSA) is 99.5 Å². The summed E-state index contributed by atoms with van der Waals surface area (Å²) >= 11 is 7.64. The van der Waals surface area contributed by atoms with Crippen molar-refractivity contribution in [2.45, 2.75) is 25.0 Å². The van der Waals surface area contributed by atoms with Gasteiger partial charge in [-0.1, -0.05) is 55.1 Å². The summed E-state index contributed by atoms with van der Waals surface area (Å²) in [5.41, 5.74) is 0. The summed E-state index contributed by atoms with van der Waals surface area (Å²) in [6.07, 6.45) is 7.19. The van der Waals surface area contributed by atoms with Crippen LogP contribution < -0.4 is 10.6 Å². The zero-order valence-corrected chi connectivity index (χ0v) is 23.2. The van der Waals surface area contributed by atoms with Crippen molar-refractivity contribution in [2.75, 3.05) is 0 Å². The number of rotatable bonds is 6. The van der Waals surface area contributed by atoms with Crippen LogP contribution in [0.25, 0.3) is 0 Å². The normalized spacial score (nSPS) is 8.21. The summed E-state index contributed by atoms with van der Waals surface area (Å²) in [4.78, 5) is 0. The van der Waals surface area contributed by atoms with Crippen LogP contribution >= 0.6 is 31.9 Å². The average Bonchev–Trinajstić information content (AvgIpc) is 2.90. The Morgan fingerprint density at radius 2 is 1.18 bits per heavy atom. The van der Waals surface area contributed by atoms with Crippen molar-refractivity contribution in [1.29, 1.82) is 0 Å². The van der Waals surface area contributed by atoms with E-state index in [1.165, 1.54) is 10.6 Å². The van der Waals surface area contributed by atoms with E-state index in [0.717, 1.165) is 16.8 Å². The van der Waals surface area contributed by atoms with Crippen molar-refractivity contribution in [3.63, 3.8) is 0 Å². The van der Waals surface area contributed by atoms with E-state index in [1.54, 1.807) is 0 Å². The number of terminal acetylenes is 1. The fraction of sp³-hybridized carbons (Fsp3) is 0.167. The van der Waals surface area contributed by atoms with E-state index in [9.17, 15) is 0 Å². The van der Waals surface area contributed by atoms with Gasteiger partial charge in [0.2, 0.25) is 0 Å². The molecule has 0 radical (unpaired) electrons. The van der Waals surface area contributed by atoms with Gasteiger partial charge in [0.05, 0.1) is 0 Å². The minimum Gasteiger partial charge on any atom is 0 e. The second kappa shape index (κ2) is 34.9. The molecule has 33 heavy (non-hydrogen) atoms. The van der Waals surface area contributed by atoms with E-state index < -0.39 is 7.92 Å². The molecule has 0 bridgehead atoms. The largest absolute Gasteiger partial charge is 0 e. The van der Waals surface area contributed by atoms with Crippen LogP contribution in [0.15, 0.2) is 60.7 Å². The molecule has 0 fully saturated rings. The predicted octanol–water partition coefficient (Wildman–Crippen LogP) is 4.48. The molecule has 2 aromatic carbocycles. The molecule has 0 aliphatic carbocycles. The van der Waals surface area contributed by atoms with E-state index in [-0.39, 0.29) is 21.1 Å². The van der Waals surface area contributed by atoms with Crippen LogP contribution in [-0.4, -0.2) is 9.19 Å². The van der Waals surface area contributed by atoms with Crippen molar-refractivity contribution in [1.82, 2.24) is 0 Å². The van der Waals surface area contributed by atoms with Gasteiger partial charge in [-0.2, -0.15) is 0 Å². The molecular formula is C24H20O5PS2W+. The smallest absolute Gasteiger partial charge is 0 e. The monoisotopic (exact) mass is 667 g/mol. The van der Waals surface area contributed by atoms with Gasteiger partial charge in [0.1, 0.15) is 18.5 Å². The van der Waals surface area contributed by atoms with Crippen LogP contribution in [0.3, 0.4) is 0 Å². The number of hydrogen-bond donors (Lipinski definition) is 0. The molecule has 2 aromatic rings. The Labute approximate surface area is 221 Å². The third kappa shape index (κ3) is 20.6. The molecule has 0 heterocycles. The summed E-state index contributed by atoms with van der Waals surface area (Å²) in [7, 11) is -1.05. The maximum atomic E-state index is 7.50. The third-order valence-electron chi connectivity index (χ3n) is 3.33. The van der Waals surface area contributed by atoms with E-state index in [2.05, 4.69) is 107 Å². The van der Waals surface area contributed by atoms with Crippen LogP contribution in [0.1, 0.15) is 19.8 Å². The molecule has 168 valence electrons. The summed E-state index contributed by atoms with van der Waals surface area (Å²) < 4.78 is 38.6. The Kier molecular flexibility index (Phi) is 43.8. The van der Waals surface area contributed by atoms with Crippen molar-refractivity contribution in [3.05, 3.63) is 93.9 Å². The second-order valence-electron chi connectivity index (χ2n) is 5.07. The SMILES string of the molecule is C#CCCC(C)SC(=S)[PH+](c1ccccc1)c1ccccc1.[C-]#[O+].[C-]#[O+].[C-]#[O+].[C-]#[O+].[C-]#[O+].[W]. The molecule has 0 saturated heterocycles. The fourth-order valence-electron chi connectivity index (χ4n) is 2.20. The van der Waals surface area contributed by atoms with Crippen LogP contribution in [0.2, 0.25) is 0 Å². The van der Waals surface area contributed by atoms with Gasteiger partial charge in [0.15, 0.2) is 3.94 Å². The minimum absolute atomic E-state index is 0. The third-order valence-corrected chi connectivity index (χ3v) is 8.28. The molecule has 0 aromatic heterocycles. The summed E-state index contributed by atoms with van der Waals surface area (Å²) in [5.74, 6) is 2.72. The van der Waals surface area contributed by atoms with Crippen molar-refractivity contribution in [3.8, 4) is 12.3 Å². The zero-order chi connectivity index (χ0) is 25.8. The molecule has 0 saturated carbocycles. The maximum Gasteiger partial charge on any atom is 0 e. The first-order valence-electron chi connectivity index (χ1n) is 8.36. The maximum absolute atomic E-state index is 7.50. The average molecular weight is 667 g/mol. The van der Waals surface area contributed by atoms with Gasteiger partial charge in [-0.25, -0.2) is 0 Å². The van der Waals surface area contributed by atoms with Crippen LogP contribution in [0.4, 0.5) is 0 Å². The van der Waals surface area contributed by atoms with Crippen molar-refractivity contribution in [2.24, 2.45) is 0 Å². The van der Waals surface area contributed by atoms with Gasteiger partial charge < -0.3 is 0 Å². The van der Waals surface area contributed by atoms with Gasteiger partial charge in [0.25, 0.3) is 0 Å². The Morgan fingerprint density at radius 1 is 0.848 bits per heavy atom. The quantitative estimate of drug-likeness (QED) is 0.149. The number of hydrogen-bond acceptors (Lipinski definition) is 2. The molecule has 1 atom stereocenters. The zero-order valence-electron chi connectivity index (χ0n) is 17.6.